The molecule has 0 radical (unpaired) electrons. The standard InChI is InChI=1S/C18H16N2O3/c21-11-13-7-4-8-14(18(13)23)20-17-15(9-16(17)22)19-10-12-5-2-1-3-6-12/h1-8,11,19-20,23H,9-10H2. The summed E-state index contributed by atoms with van der Waals surface area (Å²) in [6.07, 6.45) is 0.912. The molecule has 0 aromatic heterocycles. The number of hydrogen-bond donors (Lipinski definition) is 3. The summed E-state index contributed by atoms with van der Waals surface area (Å²) in [7, 11) is 0. The molecule has 2 aromatic carbocycles. The van der Waals surface area contributed by atoms with Crippen LogP contribution in [0.25, 0.3) is 0 Å². The summed E-state index contributed by atoms with van der Waals surface area (Å²) in [5.41, 5.74) is 2.87. The third-order valence-electron chi connectivity index (χ3n) is 3.72. The van der Waals surface area contributed by atoms with Crippen LogP contribution in [-0.4, -0.2) is 17.2 Å². The van der Waals surface area contributed by atoms with Gasteiger partial charge in [0, 0.05) is 12.2 Å². The van der Waals surface area contributed by atoms with Crippen LogP contribution < -0.4 is 10.6 Å². The predicted octanol–water partition coefficient (Wildman–Crippen LogP) is 2.59. The fourth-order valence-electron chi connectivity index (χ4n) is 2.39. The fourth-order valence-corrected chi connectivity index (χ4v) is 2.39. The minimum absolute atomic E-state index is 0.0310. The first-order valence-electron chi connectivity index (χ1n) is 7.27. The molecule has 2 aromatic rings. The van der Waals surface area contributed by atoms with Crippen LogP contribution in [-0.2, 0) is 11.3 Å². The van der Waals surface area contributed by atoms with Gasteiger partial charge in [0.25, 0.3) is 0 Å². The molecule has 0 amide bonds. The van der Waals surface area contributed by atoms with Crippen molar-refractivity contribution >= 4 is 17.8 Å². The number of para-hydroxylation sites is 1. The number of aromatic hydroxyl groups is 1. The van der Waals surface area contributed by atoms with Gasteiger partial charge in [-0.15, -0.1) is 0 Å². The second-order valence-corrected chi connectivity index (χ2v) is 5.28. The second-order valence-electron chi connectivity index (χ2n) is 5.28. The average Bonchev–Trinajstić information content (AvgIpc) is 2.58. The molecule has 116 valence electrons. The van der Waals surface area contributed by atoms with Crippen LogP contribution >= 0.6 is 0 Å². The van der Waals surface area contributed by atoms with E-state index in [1.54, 1.807) is 12.1 Å². The zero-order chi connectivity index (χ0) is 16.2. The number of aldehydes is 1. The van der Waals surface area contributed by atoms with E-state index in [2.05, 4.69) is 10.6 Å². The van der Waals surface area contributed by atoms with Gasteiger partial charge in [0.1, 0.15) is 11.4 Å². The molecule has 0 saturated heterocycles. The molecule has 1 aliphatic rings. The Hall–Kier alpha value is -3.08. The van der Waals surface area contributed by atoms with E-state index >= 15 is 0 Å². The van der Waals surface area contributed by atoms with E-state index in [9.17, 15) is 14.7 Å². The van der Waals surface area contributed by atoms with Gasteiger partial charge in [-0.05, 0) is 17.7 Å². The largest absolute Gasteiger partial charge is 0.505 e. The van der Waals surface area contributed by atoms with E-state index in [4.69, 9.17) is 0 Å². The molecule has 23 heavy (non-hydrogen) atoms. The van der Waals surface area contributed by atoms with E-state index in [1.165, 1.54) is 6.07 Å². The maximum atomic E-state index is 11.8. The summed E-state index contributed by atoms with van der Waals surface area (Å²) in [4.78, 5) is 22.7. The van der Waals surface area contributed by atoms with Gasteiger partial charge in [0.2, 0.25) is 0 Å². The molecule has 0 fully saturated rings. The number of nitrogens with one attached hydrogen (secondary N) is 2. The number of carbonyl (C=O) groups is 2. The van der Waals surface area contributed by atoms with Crippen molar-refractivity contribution in [1.29, 1.82) is 0 Å². The summed E-state index contributed by atoms with van der Waals surface area (Å²) in [6, 6.07) is 14.6. The first-order chi connectivity index (χ1) is 11.2. The Bertz CT molecular complexity index is 782. The van der Waals surface area contributed by atoms with Crippen LogP contribution in [0.4, 0.5) is 5.69 Å². The van der Waals surface area contributed by atoms with Gasteiger partial charge in [0.15, 0.2) is 12.1 Å². The zero-order valence-corrected chi connectivity index (χ0v) is 12.4. The van der Waals surface area contributed by atoms with E-state index in [0.29, 0.717) is 30.6 Å². The number of anilines is 1. The van der Waals surface area contributed by atoms with Crippen LogP contribution in [0.3, 0.4) is 0 Å². The molecule has 5 heteroatoms. The lowest BCUT2D eigenvalue weighted by molar-refractivity contribution is -0.116. The molecule has 0 spiro atoms. The van der Waals surface area contributed by atoms with Crippen molar-refractivity contribution < 1.29 is 14.7 Å². The third-order valence-corrected chi connectivity index (χ3v) is 3.72. The first-order valence-corrected chi connectivity index (χ1v) is 7.27. The minimum atomic E-state index is -0.155. The quantitative estimate of drug-likeness (QED) is 0.565. The van der Waals surface area contributed by atoms with Gasteiger partial charge < -0.3 is 15.7 Å². The van der Waals surface area contributed by atoms with Gasteiger partial charge in [-0.25, -0.2) is 0 Å². The molecule has 0 unspecified atom stereocenters. The molecule has 0 aliphatic heterocycles. The van der Waals surface area contributed by atoms with Crippen molar-refractivity contribution in [3.63, 3.8) is 0 Å². The number of ketones is 1. The number of carbonyl (C=O) groups excluding carboxylic acids is 2. The normalized spacial score (nSPS) is 13.5. The van der Waals surface area contributed by atoms with Gasteiger partial charge in [-0.1, -0.05) is 36.4 Å². The number of phenolic OH excluding ortho intramolecular Hbond substituents is 1. The molecule has 0 bridgehead atoms. The van der Waals surface area contributed by atoms with Gasteiger partial charge in [0.05, 0.1) is 17.7 Å². The first kappa shape index (κ1) is 14.8. The van der Waals surface area contributed by atoms with Crippen LogP contribution in [0, 0.1) is 0 Å². The molecular weight excluding hydrogens is 292 g/mol. The molecule has 0 heterocycles. The molecule has 3 N–H and O–H groups in total. The van der Waals surface area contributed by atoms with Gasteiger partial charge in [-0.3, -0.25) is 9.59 Å². The van der Waals surface area contributed by atoms with Crippen molar-refractivity contribution in [2.45, 2.75) is 13.0 Å². The van der Waals surface area contributed by atoms with Crippen molar-refractivity contribution in [3.8, 4) is 5.75 Å². The summed E-state index contributed by atoms with van der Waals surface area (Å²) in [5.74, 6) is -0.187. The number of phenols is 1. The third kappa shape index (κ3) is 3.08. The van der Waals surface area contributed by atoms with Crippen molar-refractivity contribution in [2.24, 2.45) is 0 Å². The maximum absolute atomic E-state index is 11.8. The molecule has 1 aliphatic carbocycles. The smallest absolute Gasteiger partial charge is 0.186 e. The lowest BCUT2D eigenvalue weighted by Crippen LogP contribution is -2.32. The van der Waals surface area contributed by atoms with Crippen LogP contribution in [0.5, 0.6) is 5.75 Å². The number of rotatable bonds is 6. The minimum Gasteiger partial charge on any atom is -0.505 e. The van der Waals surface area contributed by atoms with E-state index in [1.807, 2.05) is 30.3 Å². The number of allylic oxidation sites excluding steroid dienone is 2. The Morgan fingerprint density at radius 2 is 1.87 bits per heavy atom. The topological polar surface area (TPSA) is 78.4 Å². The average molecular weight is 308 g/mol. The lowest BCUT2D eigenvalue weighted by Gasteiger charge is -2.25. The zero-order valence-electron chi connectivity index (χ0n) is 12.4. The van der Waals surface area contributed by atoms with Crippen LogP contribution in [0.1, 0.15) is 22.3 Å². The molecule has 5 nitrogen and oxygen atoms in total. The highest BCUT2D eigenvalue weighted by Crippen LogP contribution is 2.31. The SMILES string of the molecule is O=Cc1cccc(NC2=C(NCc3ccccc3)CC2=O)c1O. The van der Waals surface area contributed by atoms with Crippen molar-refractivity contribution in [3.05, 3.63) is 71.1 Å². The van der Waals surface area contributed by atoms with Crippen molar-refractivity contribution in [1.82, 2.24) is 5.32 Å². The monoisotopic (exact) mass is 308 g/mol. The van der Waals surface area contributed by atoms with E-state index < -0.39 is 0 Å². The van der Waals surface area contributed by atoms with Gasteiger partial charge in [-0.2, -0.15) is 0 Å². The molecule has 0 atom stereocenters. The Labute approximate surface area is 133 Å². The Kier molecular flexibility index (Phi) is 4.10. The fraction of sp³-hybridized carbons (Fsp3) is 0.111. The lowest BCUT2D eigenvalue weighted by atomic mass is 9.98. The highest BCUT2D eigenvalue weighted by atomic mass is 16.3. The summed E-state index contributed by atoms with van der Waals surface area (Å²) >= 11 is 0. The summed E-state index contributed by atoms with van der Waals surface area (Å²) in [6.45, 7) is 0.620. The van der Waals surface area contributed by atoms with E-state index in [0.717, 1.165) is 11.3 Å². The summed E-state index contributed by atoms with van der Waals surface area (Å²) in [5, 5.41) is 16.1. The number of hydrogen-bond acceptors (Lipinski definition) is 5. The second kappa shape index (κ2) is 6.36. The van der Waals surface area contributed by atoms with Gasteiger partial charge >= 0.3 is 0 Å². The number of benzene rings is 2. The highest BCUT2D eigenvalue weighted by Gasteiger charge is 2.28. The Morgan fingerprint density at radius 3 is 2.57 bits per heavy atom. The van der Waals surface area contributed by atoms with Crippen LogP contribution in [0.15, 0.2) is 59.9 Å². The Morgan fingerprint density at radius 1 is 1.09 bits per heavy atom. The predicted molar refractivity (Wildman–Crippen MR) is 87.0 cm³/mol. The maximum Gasteiger partial charge on any atom is 0.186 e. The molecule has 3 rings (SSSR count). The van der Waals surface area contributed by atoms with Crippen molar-refractivity contribution in [2.75, 3.05) is 5.32 Å². The van der Waals surface area contributed by atoms with E-state index in [-0.39, 0.29) is 17.1 Å². The Balaban J connectivity index is 1.75. The number of Topliss-reactive ketones (excluding diaryl/α,β-unsaturated/α-hetero) is 1. The van der Waals surface area contributed by atoms with Crippen LogP contribution in [0.2, 0.25) is 0 Å². The summed E-state index contributed by atoms with van der Waals surface area (Å²) < 4.78 is 0. The molecule has 0 saturated carbocycles. The molecular formula is C18H16N2O3. The highest BCUT2D eigenvalue weighted by molar-refractivity contribution is 6.07.